The minimum atomic E-state index is -1.27. The van der Waals surface area contributed by atoms with E-state index in [1.54, 1.807) is 4.57 Å². The molecule has 1 N–H and O–H groups in total. The number of hydrogen-bond acceptors (Lipinski definition) is 4. The number of aromatic nitrogens is 1. The molecule has 3 rings (SSSR count). The predicted octanol–water partition coefficient (Wildman–Crippen LogP) is 2.86. The quantitative estimate of drug-likeness (QED) is 0.899. The van der Waals surface area contributed by atoms with E-state index in [1.165, 1.54) is 12.3 Å². The van der Waals surface area contributed by atoms with Crippen LogP contribution < -0.4 is 10.3 Å². The highest BCUT2D eigenvalue weighted by Gasteiger charge is 2.23. The summed E-state index contributed by atoms with van der Waals surface area (Å²) in [5.74, 6) is -1.27. The van der Waals surface area contributed by atoms with Crippen LogP contribution >= 0.6 is 23.2 Å². The molecule has 1 aromatic carbocycles. The largest absolute Gasteiger partial charge is 0.477 e. The van der Waals surface area contributed by atoms with Crippen molar-refractivity contribution < 1.29 is 14.6 Å². The maximum atomic E-state index is 12.5. The molecule has 1 saturated heterocycles. The fourth-order valence-corrected chi connectivity index (χ4v) is 3.76. The zero-order valence-corrected chi connectivity index (χ0v) is 14.5. The van der Waals surface area contributed by atoms with Gasteiger partial charge in [0.25, 0.3) is 0 Å². The number of carboxylic acids is 1. The van der Waals surface area contributed by atoms with Crippen LogP contribution in [0.2, 0.25) is 10.0 Å². The van der Waals surface area contributed by atoms with Crippen LogP contribution in [0.4, 0.5) is 5.69 Å². The number of aromatic carboxylic acids is 1. The number of ether oxygens (including phenoxy) is 1. The van der Waals surface area contributed by atoms with Crippen molar-refractivity contribution in [1.29, 1.82) is 0 Å². The molecule has 0 radical (unpaired) electrons. The number of hydrogen-bond donors (Lipinski definition) is 1. The van der Waals surface area contributed by atoms with Crippen LogP contribution in [0.3, 0.4) is 0 Å². The van der Waals surface area contributed by atoms with Crippen LogP contribution in [-0.2, 0) is 11.3 Å². The SMILES string of the molecule is CCn1cc(C(=O)O)c(=O)c2cc(Cl)c(N3CCOCC3)c(Cl)c21. The van der Waals surface area contributed by atoms with Crippen molar-refractivity contribution in [1.82, 2.24) is 4.57 Å². The van der Waals surface area contributed by atoms with Crippen LogP contribution in [0.25, 0.3) is 10.9 Å². The summed E-state index contributed by atoms with van der Waals surface area (Å²) in [6, 6.07) is 1.51. The first-order valence-corrected chi connectivity index (χ1v) is 8.32. The average molecular weight is 371 g/mol. The first kappa shape index (κ1) is 17.1. The molecule has 1 aliphatic rings. The second kappa shape index (κ2) is 6.63. The Hall–Kier alpha value is -1.76. The zero-order valence-electron chi connectivity index (χ0n) is 13.0. The van der Waals surface area contributed by atoms with Gasteiger partial charge in [0, 0.05) is 31.2 Å². The van der Waals surface area contributed by atoms with Crippen LogP contribution in [-0.4, -0.2) is 41.9 Å². The maximum absolute atomic E-state index is 12.5. The van der Waals surface area contributed by atoms with Crippen molar-refractivity contribution in [3.8, 4) is 0 Å². The summed E-state index contributed by atoms with van der Waals surface area (Å²) in [6.07, 6.45) is 1.33. The van der Waals surface area contributed by atoms with E-state index >= 15 is 0 Å². The Balaban J connectivity index is 2.34. The number of fused-ring (bicyclic) bond motifs is 1. The van der Waals surface area contributed by atoms with Crippen LogP contribution in [0, 0.1) is 0 Å². The monoisotopic (exact) mass is 370 g/mol. The lowest BCUT2D eigenvalue weighted by atomic mass is 10.1. The Labute approximate surface area is 148 Å². The van der Waals surface area contributed by atoms with Gasteiger partial charge in [-0.1, -0.05) is 23.2 Å². The molecule has 0 amide bonds. The van der Waals surface area contributed by atoms with Gasteiger partial charge in [0.15, 0.2) is 0 Å². The highest BCUT2D eigenvalue weighted by molar-refractivity contribution is 6.42. The van der Waals surface area contributed by atoms with Gasteiger partial charge in [0.1, 0.15) is 5.56 Å². The molecule has 1 aliphatic heterocycles. The molecule has 1 aromatic heterocycles. The highest BCUT2D eigenvalue weighted by Crippen LogP contribution is 2.39. The number of halogens is 2. The Morgan fingerprint density at radius 2 is 2.00 bits per heavy atom. The van der Waals surface area contributed by atoms with Crippen molar-refractivity contribution in [2.45, 2.75) is 13.5 Å². The van der Waals surface area contributed by atoms with Crippen molar-refractivity contribution in [3.63, 3.8) is 0 Å². The van der Waals surface area contributed by atoms with E-state index in [4.69, 9.17) is 27.9 Å². The smallest absolute Gasteiger partial charge is 0.341 e. The lowest BCUT2D eigenvalue weighted by molar-refractivity contribution is 0.0695. The minimum Gasteiger partial charge on any atom is -0.477 e. The Kier molecular flexibility index (Phi) is 4.71. The van der Waals surface area contributed by atoms with Gasteiger partial charge in [-0.2, -0.15) is 0 Å². The second-order valence-electron chi connectivity index (χ2n) is 5.48. The summed E-state index contributed by atoms with van der Waals surface area (Å²) in [5, 5.41) is 10.1. The van der Waals surface area contributed by atoms with Crippen molar-refractivity contribution in [2.75, 3.05) is 31.2 Å². The number of pyridine rings is 1. The number of aryl methyl sites for hydroxylation is 1. The Morgan fingerprint density at radius 1 is 1.33 bits per heavy atom. The zero-order chi connectivity index (χ0) is 17.4. The first-order chi connectivity index (χ1) is 11.5. The Morgan fingerprint density at radius 3 is 2.58 bits per heavy atom. The van der Waals surface area contributed by atoms with Crippen LogP contribution in [0.5, 0.6) is 0 Å². The van der Waals surface area contributed by atoms with E-state index < -0.39 is 11.4 Å². The fourth-order valence-electron chi connectivity index (χ4n) is 2.96. The molecular weight excluding hydrogens is 355 g/mol. The summed E-state index contributed by atoms with van der Waals surface area (Å²) < 4.78 is 7.02. The number of rotatable bonds is 3. The fraction of sp³-hybridized carbons (Fsp3) is 0.375. The number of nitrogens with zero attached hydrogens (tertiary/aromatic N) is 2. The summed E-state index contributed by atoms with van der Waals surface area (Å²) >= 11 is 13.0. The van der Waals surface area contributed by atoms with Crippen molar-refractivity contribution in [2.24, 2.45) is 0 Å². The van der Waals surface area contributed by atoms with Crippen molar-refractivity contribution >= 4 is 45.8 Å². The van der Waals surface area contributed by atoms with Gasteiger partial charge in [-0.15, -0.1) is 0 Å². The maximum Gasteiger partial charge on any atom is 0.341 e. The molecule has 6 nitrogen and oxygen atoms in total. The molecule has 0 aliphatic carbocycles. The van der Waals surface area contributed by atoms with Gasteiger partial charge in [-0.25, -0.2) is 4.79 Å². The summed E-state index contributed by atoms with van der Waals surface area (Å²) in [6.45, 7) is 4.77. The average Bonchev–Trinajstić information content (AvgIpc) is 2.56. The van der Waals surface area contributed by atoms with E-state index in [2.05, 4.69) is 0 Å². The first-order valence-electron chi connectivity index (χ1n) is 7.56. The van der Waals surface area contributed by atoms with E-state index in [0.717, 1.165) is 0 Å². The van der Waals surface area contributed by atoms with E-state index in [9.17, 15) is 14.7 Å². The predicted molar refractivity (Wildman–Crippen MR) is 93.9 cm³/mol. The standard InChI is InChI=1S/C16H16Cl2N2O4/c1-2-19-8-10(16(22)23)15(21)9-7-11(17)14(12(18)13(9)19)20-3-5-24-6-4-20/h7-8H,2-6H2,1H3,(H,22,23). The molecule has 0 unspecified atom stereocenters. The van der Waals surface area contributed by atoms with Gasteiger partial charge in [0.2, 0.25) is 5.43 Å². The molecule has 0 saturated carbocycles. The van der Waals surface area contributed by atoms with Gasteiger partial charge >= 0.3 is 5.97 Å². The molecular formula is C16H16Cl2N2O4. The molecule has 0 bridgehead atoms. The lowest BCUT2D eigenvalue weighted by Gasteiger charge is -2.31. The van der Waals surface area contributed by atoms with Gasteiger partial charge < -0.3 is 19.3 Å². The topological polar surface area (TPSA) is 71.8 Å². The van der Waals surface area contributed by atoms with Crippen LogP contribution in [0.1, 0.15) is 17.3 Å². The minimum absolute atomic E-state index is 0.212. The third-order valence-electron chi connectivity index (χ3n) is 4.13. The molecule has 1 fully saturated rings. The van der Waals surface area contributed by atoms with E-state index in [-0.39, 0.29) is 10.9 Å². The number of anilines is 1. The highest BCUT2D eigenvalue weighted by atomic mass is 35.5. The number of morpholine rings is 1. The molecule has 128 valence electrons. The molecule has 0 atom stereocenters. The van der Waals surface area contributed by atoms with E-state index in [1.807, 2.05) is 11.8 Å². The summed E-state index contributed by atoms with van der Waals surface area (Å²) in [4.78, 5) is 25.8. The number of carbonyl (C=O) groups is 1. The third-order valence-corrected chi connectivity index (χ3v) is 4.77. The normalized spacial score (nSPS) is 15.0. The molecule has 0 spiro atoms. The third kappa shape index (κ3) is 2.75. The lowest BCUT2D eigenvalue weighted by Crippen LogP contribution is -2.36. The second-order valence-corrected chi connectivity index (χ2v) is 6.26. The number of carboxylic acid groups (broad SMARTS) is 1. The molecule has 2 heterocycles. The molecule has 8 heteroatoms. The van der Waals surface area contributed by atoms with Crippen LogP contribution in [0.15, 0.2) is 17.1 Å². The van der Waals surface area contributed by atoms with E-state index in [0.29, 0.717) is 54.1 Å². The van der Waals surface area contributed by atoms with Gasteiger partial charge in [0.05, 0.1) is 34.5 Å². The summed E-state index contributed by atoms with van der Waals surface area (Å²) in [5.41, 5.74) is 0.272. The van der Waals surface area contributed by atoms with Gasteiger partial charge in [-0.3, -0.25) is 4.79 Å². The number of benzene rings is 1. The Bertz CT molecular complexity index is 873. The summed E-state index contributed by atoms with van der Waals surface area (Å²) in [7, 11) is 0. The molecule has 2 aromatic rings. The molecule has 24 heavy (non-hydrogen) atoms. The van der Waals surface area contributed by atoms with Crippen molar-refractivity contribution in [3.05, 3.63) is 38.1 Å². The van der Waals surface area contributed by atoms with Gasteiger partial charge in [-0.05, 0) is 13.0 Å².